The molecule has 0 saturated carbocycles. The lowest BCUT2D eigenvalue weighted by molar-refractivity contribution is 0.391. The molecule has 2 N–H and O–H groups in total. The van der Waals surface area contributed by atoms with Gasteiger partial charge in [0.1, 0.15) is 5.69 Å². The molecule has 0 spiro atoms. The highest BCUT2D eigenvalue weighted by molar-refractivity contribution is 7.98. The van der Waals surface area contributed by atoms with Crippen molar-refractivity contribution in [3.8, 4) is 11.5 Å². The van der Waals surface area contributed by atoms with Crippen LogP contribution in [-0.4, -0.2) is 15.1 Å². The zero-order valence-electron chi connectivity index (χ0n) is 11.5. The number of thioether (sulfide) groups is 1. The monoisotopic (exact) mass is 298 g/mol. The number of para-hydroxylation sites is 1. The van der Waals surface area contributed by atoms with Crippen LogP contribution in [0.5, 0.6) is 0 Å². The lowest BCUT2D eigenvalue weighted by atomic mass is 10.2. The van der Waals surface area contributed by atoms with Gasteiger partial charge < -0.3 is 10.3 Å². The lowest BCUT2D eigenvalue weighted by Gasteiger charge is -2.05. The molecule has 0 aliphatic carbocycles. The van der Waals surface area contributed by atoms with Gasteiger partial charge in [0.2, 0.25) is 11.7 Å². The third kappa shape index (κ3) is 3.05. The summed E-state index contributed by atoms with van der Waals surface area (Å²) in [7, 11) is 0. The summed E-state index contributed by atoms with van der Waals surface area (Å²) in [6, 6.07) is 11.6. The van der Waals surface area contributed by atoms with Crippen LogP contribution in [0.1, 0.15) is 11.5 Å². The van der Waals surface area contributed by atoms with Crippen LogP contribution < -0.4 is 5.73 Å². The molecule has 0 saturated heterocycles. The Morgan fingerprint density at radius 2 is 2.10 bits per heavy atom. The first-order valence-corrected chi connectivity index (χ1v) is 7.44. The maximum Gasteiger partial charge on any atom is 0.237 e. The largest absolute Gasteiger partial charge is 0.398 e. The van der Waals surface area contributed by atoms with Crippen molar-refractivity contribution in [1.82, 2.24) is 15.1 Å². The molecule has 5 nitrogen and oxygen atoms in total. The number of anilines is 1. The molecule has 0 radical (unpaired) electrons. The lowest BCUT2D eigenvalue weighted by Crippen LogP contribution is -1.92. The molecule has 0 unspecified atom stereocenters. The van der Waals surface area contributed by atoms with E-state index in [-0.39, 0.29) is 0 Å². The van der Waals surface area contributed by atoms with Gasteiger partial charge in [-0.2, -0.15) is 4.98 Å². The average molecular weight is 298 g/mol. The van der Waals surface area contributed by atoms with E-state index >= 15 is 0 Å². The zero-order valence-corrected chi connectivity index (χ0v) is 12.3. The molecule has 0 fully saturated rings. The fourth-order valence-corrected chi connectivity index (χ4v) is 2.72. The van der Waals surface area contributed by atoms with Gasteiger partial charge in [0.15, 0.2) is 0 Å². The summed E-state index contributed by atoms with van der Waals surface area (Å²) in [6.07, 6.45) is 1.70. The smallest absolute Gasteiger partial charge is 0.237 e. The minimum atomic E-state index is 0.503. The second-order valence-corrected chi connectivity index (χ2v) is 5.52. The number of hydrogen-bond acceptors (Lipinski definition) is 6. The van der Waals surface area contributed by atoms with E-state index in [1.54, 1.807) is 18.0 Å². The topological polar surface area (TPSA) is 77.8 Å². The van der Waals surface area contributed by atoms with Crippen LogP contribution in [0.4, 0.5) is 5.69 Å². The number of rotatable bonds is 4. The van der Waals surface area contributed by atoms with Crippen molar-refractivity contribution in [1.29, 1.82) is 0 Å². The van der Waals surface area contributed by atoms with Gasteiger partial charge in [-0.3, -0.25) is 4.98 Å². The molecule has 6 heteroatoms. The molecule has 3 rings (SSSR count). The summed E-state index contributed by atoms with van der Waals surface area (Å²) in [4.78, 5) is 9.56. The number of aryl methyl sites for hydroxylation is 1. The summed E-state index contributed by atoms with van der Waals surface area (Å²) in [5.74, 6) is 1.64. The molecule has 2 heterocycles. The Labute approximate surface area is 126 Å². The van der Waals surface area contributed by atoms with E-state index < -0.39 is 0 Å². The maximum absolute atomic E-state index is 6.05. The molecule has 106 valence electrons. The Bertz CT molecular complexity index is 742. The molecule has 0 amide bonds. The van der Waals surface area contributed by atoms with E-state index in [0.717, 1.165) is 16.1 Å². The maximum atomic E-state index is 6.05. The second-order valence-electron chi connectivity index (χ2n) is 4.50. The van der Waals surface area contributed by atoms with Crippen LogP contribution in [0.25, 0.3) is 11.5 Å². The van der Waals surface area contributed by atoms with Crippen molar-refractivity contribution in [3.05, 3.63) is 54.0 Å². The molecule has 3 aromatic rings. The molecule has 0 aliphatic rings. The Morgan fingerprint density at radius 1 is 1.19 bits per heavy atom. The van der Waals surface area contributed by atoms with Gasteiger partial charge in [-0.1, -0.05) is 23.4 Å². The molecule has 21 heavy (non-hydrogen) atoms. The van der Waals surface area contributed by atoms with Crippen molar-refractivity contribution < 1.29 is 4.52 Å². The van der Waals surface area contributed by atoms with E-state index in [0.29, 0.717) is 23.2 Å². The van der Waals surface area contributed by atoms with Gasteiger partial charge in [0.25, 0.3) is 0 Å². The standard InChI is InChI=1S/C15H14N4OS/c1-10-5-4-7-12(14(10)16)21-9-13-18-15(19-20-13)11-6-2-3-8-17-11/h2-8H,9,16H2,1H3. The van der Waals surface area contributed by atoms with E-state index in [9.17, 15) is 0 Å². The second kappa shape index (κ2) is 5.97. The highest BCUT2D eigenvalue weighted by atomic mass is 32.2. The highest BCUT2D eigenvalue weighted by Crippen LogP contribution is 2.29. The minimum absolute atomic E-state index is 0.503. The van der Waals surface area contributed by atoms with Crippen molar-refractivity contribution in [2.24, 2.45) is 0 Å². The van der Waals surface area contributed by atoms with Gasteiger partial charge >= 0.3 is 0 Å². The van der Waals surface area contributed by atoms with Crippen LogP contribution >= 0.6 is 11.8 Å². The first kappa shape index (κ1) is 13.6. The molecule has 2 aromatic heterocycles. The minimum Gasteiger partial charge on any atom is -0.398 e. The molecular weight excluding hydrogens is 284 g/mol. The summed E-state index contributed by atoms with van der Waals surface area (Å²) in [5.41, 5.74) is 8.61. The van der Waals surface area contributed by atoms with Crippen molar-refractivity contribution >= 4 is 17.4 Å². The Balaban J connectivity index is 1.72. The quantitative estimate of drug-likeness (QED) is 0.588. The Kier molecular flexibility index (Phi) is 3.87. The number of nitrogens with zero attached hydrogens (tertiary/aromatic N) is 3. The van der Waals surface area contributed by atoms with E-state index in [2.05, 4.69) is 15.1 Å². The predicted octanol–water partition coefficient (Wildman–Crippen LogP) is 3.31. The highest BCUT2D eigenvalue weighted by Gasteiger charge is 2.10. The summed E-state index contributed by atoms with van der Waals surface area (Å²) in [6.45, 7) is 1.99. The predicted molar refractivity (Wildman–Crippen MR) is 82.7 cm³/mol. The van der Waals surface area contributed by atoms with Gasteiger partial charge in [0, 0.05) is 16.8 Å². The van der Waals surface area contributed by atoms with Crippen molar-refractivity contribution in [2.75, 3.05) is 5.73 Å². The fourth-order valence-electron chi connectivity index (χ4n) is 1.83. The van der Waals surface area contributed by atoms with E-state index in [1.165, 1.54) is 0 Å². The summed E-state index contributed by atoms with van der Waals surface area (Å²) < 4.78 is 5.25. The number of nitrogen functional groups attached to an aromatic ring is 1. The first-order valence-electron chi connectivity index (χ1n) is 6.46. The van der Waals surface area contributed by atoms with Gasteiger partial charge in [-0.15, -0.1) is 11.8 Å². The number of pyridine rings is 1. The van der Waals surface area contributed by atoms with Crippen LogP contribution in [0.3, 0.4) is 0 Å². The summed E-state index contributed by atoms with van der Waals surface area (Å²) >= 11 is 1.58. The number of nitrogens with two attached hydrogens (primary N) is 1. The first-order chi connectivity index (χ1) is 10.2. The van der Waals surface area contributed by atoms with E-state index in [4.69, 9.17) is 10.3 Å². The molecule has 1 aromatic carbocycles. The van der Waals surface area contributed by atoms with Crippen LogP contribution in [0, 0.1) is 6.92 Å². The SMILES string of the molecule is Cc1cccc(SCc2nc(-c3ccccn3)no2)c1N. The van der Waals surface area contributed by atoms with Crippen molar-refractivity contribution in [2.45, 2.75) is 17.6 Å². The Morgan fingerprint density at radius 3 is 2.90 bits per heavy atom. The third-order valence-corrected chi connectivity index (χ3v) is 4.06. The van der Waals surface area contributed by atoms with Gasteiger partial charge in [-0.25, -0.2) is 0 Å². The molecular formula is C15H14N4OS. The number of benzene rings is 1. The third-order valence-electron chi connectivity index (χ3n) is 3.00. The van der Waals surface area contributed by atoms with Crippen LogP contribution in [0.2, 0.25) is 0 Å². The van der Waals surface area contributed by atoms with Gasteiger partial charge in [0.05, 0.1) is 5.75 Å². The summed E-state index contributed by atoms with van der Waals surface area (Å²) in [5, 5.41) is 3.95. The van der Waals surface area contributed by atoms with Crippen molar-refractivity contribution in [3.63, 3.8) is 0 Å². The van der Waals surface area contributed by atoms with Crippen LogP contribution in [0.15, 0.2) is 52.0 Å². The van der Waals surface area contributed by atoms with Crippen LogP contribution in [-0.2, 0) is 5.75 Å². The zero-order chi connectivity index (χ0) is 14.7. The number of aromatic nitrogens is 3. The van der Waals surface area contributed by atoms with Gasteiger partial charge in [-0.05, 0) is 30.7 Å². The average Bonchev–Trinajstić information content (AvgIpc) is 2.99. The fraction of sp³-hybridized carbons (Fsp3) is 0.133. The Hall–Kier alpha value is -2.34. The number of hydrogen-bond donors (Lipinski definition) is 1. The molecule has 0 atom stereocenters. The molecule has 0 bridgehead atoms. The normalized spacial score (nSPS) is 10.7. The van der Waals surface area contributed by atoms with E-state index in [1.807, 2.05) is 43.3 Å². The molecule has 0 aliphatic heterocycles.